The number of phosphoric acid groups is 2. The van der Waals surface area contributed by atoms with Gasteiger partial charge in [0.25, 0.3) is 0 Å². The number of ether oxygens (including phenoxy) is 4. The van der Waals surface area contributed by atoms with Gasteiger partial charge in [-0.25, -0.2) is 9.13 Å². The number of phosphoric ester groups is 2. The molecule has 0 aromatic heterocycles. The highest BCUT2D eigenvalue weighted by Gasteiger charge is 2.30. The molecule has 0 spiro atoms. The van der Waals surface area contributed by atoms with Crippen molar-refractivity contribution in [2.45, 2.75) is 264 Å². The van der Waals surface area contributed by atoms with E-state index in [1.165, 1.54) is 25.7 Å². The second-order valence-corrected chi connectivity index (χ2v) is 25.6. The molecule has 0 fully saturated rings. The topological polar surface area (TPSA) is 237 Å². The number of hydrogen-bond donors (Lipinski definition) is 3. The van der Waals surface area contributed by atoms with Gasteiger partial charge < -0.3 is 33.8 Å². The zero-order chi connectivity index (χ0) is 69.0. The Morgan fingerprint density at radius 2 is 0.606 bits per heavy atom. The molecule has 0 amide bonds. The van der Waals surface area contributed by atoms with Crippen LogP contribution in [0.3, 0.4) is 0 Å². The SMILES string of the molecule is CC/C=C\C/C=C\C/C=C\C/C=C\C/C=C\CCCC(=O)OCC(COP(=O)(O)OCC(O)COP(=O)(O)OCC(COC(=O)CCCCCCC/C=C\CCCC)OC(=O)CCCCCCC/C=C\CCCC)OC(=O)C/C=C\C/C=C\C/C=C\C/C=C\C/C=C\CC. The summed E-state index contributed by atoms with van der Waals surface area (Å²) in [5.41, 5.74) is 0. The number of carbonyl (C=O) groups is 4. The van der Waals surface area contributed by atoms with Crippen LogP contribution in [0, 0.1) is 0 Å². The average molecular weight is 1360 g/mol. The van der Waals surface area contributed by atoms with Crippen molar-refractivity contribution in [3.05, 3.63) is 146 Å². The van der Waals surface area contributed by atoms with Crippen LogP contribution < -0.4 is 0 Å². The number of carbonyl (C=O) groups excluding carboxylic acids is 4. The van der Waals surface area contributed by atoms with Crippen molar-refractivity contribution in [3.63, 3.8) is 0 Å². The fourth-order valence-electron chi connectivity index (χ4n) is 8.47. The Morgan fingerprint density at radius 1 is 0.319 bits per heavy atom. The molecule has 5 atom stereocenters. The molecule has 0 heterocycles. The predicted octanol–water partition coefficient (Wildman–Crippen LogP) is 19.5. The number of rotatable bonds is 64. The van der Waals surface area contributed by atoms with Gasteiger partial charge >= 0.3 is 39.5 Å². The van der Waals surface area contributed by atoms with E-state index < -0.39 is 97.5 Å². The van der Waals surface area contributed by atoms with Gasteiger partial charge in [-0.05, 0) is 128 Å². The van der Waals surface area contributed by atoms with E-state index in [0.29, 0.717) is 32.1 Å². The summed E-state index contributed by atoms with van der Waals surface area (Å²) in [6.45, 7) is 4.31. The van der Waals surface area contributed by atoms with Crippen LogP contribution in [0.5, 0.6) is 0 Å². The molecular weight excluding hydrogens is 1230 g/mol. The first kappa shape index (κ1) is 88.9. The Morgan fingerprint density at radius 3 is 1.00 bits per heavy atom. The van der Waals surface area contributed by atoms with Crippen molar-refractivity contribution >= 4 is 39.5 Å². The number of hydrogen-bond acceptors (Lipinski definition) is 15. The fraction of sp³-hybridized carbons (Fsp3) is 0.627. The molecule has 534 valence electrons. The summed E-state index contributed by atoms with van der Waals surface area (Å²) >= 11 is 0. The molecule has 0 saturated heterocycles. The zero-order valence-electron chi connectivity index (χ0n) is 57.8. The molecule has 0 radical (unpaired) electrons. The van der Waals surface area contributed by atoms with Gasteiger partial charge in [0.15, 0.2) is 12.2 Å². The van der Waals surface area contributed by atoms with Crippen LogP contribution in [-0.4, -0.2) is 96.7 Å². The highest BCUT2D eigenvalue weighted by atomic mass is 31.2. The third kappa shape index (κ3) is 65.6. The minimum atomic E-state index is -5.01. The van der Waals surface area contributed by atoms with E-state index >= 15 is 0 Å². The van der Waals surface area contributed by atoms with Gasteiger partial charge in [-0.1, -0.05) is 238 Å². The molecule has 94 heavy (non-hydrogen) atoms. The Balaban J connectivity index is 5.47. The monoisotopic (exact) mass is 1360 g/mol. The standard InChI is InChI=1S/C75H122O17P2/c1-5-9-13-17-21-25-29-31-33-34-36-37-41-44-48-52-56-60-73(78)86-66-71(92-75(80)62-58-54-50-46-42-38-35-32-30-26-22-18-14-10-6-2)68-90-94(83,84)88-64-69(76)63-87-93(81,82)89-67-70(91-74(79)61-57-53-49-45-40-28-24-20-16-12-8-4)65-85-72(77)59-55-51-47-43-39-27-23-19-15-11-7-3/h9-10,13-14,19-26,31-33,35-37,42,44,46,48,54,58,69-71,76H,5-8,11-12,15-18,27-30,34,38-41,43,45,47,49-53,55-57,59-68H2,1-4H3,(H,81,82)(H,83,84)/b13-9-,14-10-,23-19-,24-20-,25-21-,26-22-,33-31-,35-32-,37-36-,46-42-,48-44-,58-54-. The quantitative estimate of drug-likeness (QED) is 0.0169. The fourth-order valence-corrected chi connectivity index (χ4v) is 10.0. The van der Waals surface area contributed by atoms with Crippen LogP contribution in [0.25, 0.3) is 0 Å². The molecule has 0 saturated carbocycles. The Bertz CT molecular complexity index is 2360. The van der Waals surface area contributed by atoms with Crippen LogP contribution in [-0.2, 0) is 65.4 Å². The van der Waals surface area contributed by atoms with Crippen LogP contribution >= 0.6 is 15.6 Å². The Kier molecular flexibility index (Phi) is 63.0. The van der Waals surface area contributed by atoms with Crippen LogP contribution in [0.1, 0.15) is 246 Å². The van der Waals surface area contributed by atoms with E-state index in [9.17, 15) is 43.2 Å². The number of aliphatic hydroxyl groups is 1. The summed E-state index contributed by atoms with van der Waals surface area (Å²) in [4.78, 5) is 72.4. The molecular formula is C75H122O17P2. The summed E-state index contributed by atoms with van der Waals surface area (Å²) in [5, 5.41) is 10.6. The lowest BCUT2D eigenvalue weighted by molar-refractivity contribution is -0.161. The van der Waals surface area contributed by atoms with Gasteiger partial charge in [-0.3, -0.25) is 37.3 Å². The lowest BCUT2D eigenvalue weighted by Gasteiger charge is -2.21. The highest BCUT2D eigenvalue weighted by Crippen LogP contribution is 2.45. The molecule has 0 aliphatic heterocycles. The zero-order valence-corrected chi connectivity index (χ0v) is 59.6. The first-order chi connectivity index (χ1) is 45.7. The maximum absolute atomic E-state index is 13.0. The minimum absolute atomic E-state index is 0.0587. The second-order valence-electron chi connectivity index (χ2n) is 22.7. The van der Waals surface area contributed by atoms with Gasteiger partial charge in [-0.15, -0.1) is 0 Å². The summed E-state index contributed by atoms with van der Waals surface area (Å²) < 4.78 is 68.0. The Labute approximate surface area is 567 Å². The van der Waals surface area contributed by atoms with Crippen molar-refractivity contribution < 1.29 is 80.2 Å². The van der Waals surface area contributed by atoms with Gasteiger partial charge in [0, 0.05) is 19.3 Å². The molecule has 19 heteroatoms. The van der Waals surface area contributed by atoms with E-state index in [-0.39, 0.29) is 25.7 Å². The molecule has 0 bridgehead atoms. The van der Waals surface area contributed by atoms with Crippen molar-refractivity contribution in [2.24, 2.45) is 0 Å². The number of aliphatic hydroxyl groups excluding tert-OH is 1. The lowest BCUT2D eigenvalue weighted by Crippen LogP contribution is -2.30. The predicted molar refractivity (Wildman–Crippen MR) is 380 cm³/mol. The molecule has 0 aliphatic carbocycles. The smallest absolute Gasteiger partial charge is 0.462 e. The largest absolute Gasteiger partial charge is 0.472 e. The van der Waals surface area contributed by atoms with E-state index in [4.69, 9.17) is 37.0 Å². The minimum Gasteiger partial charge on any atom is -0.462 e. The summed E-state index contributed by atoms with van der Waals surface area (Å²) in [5.74, 6) is -2.43. The second kappa shape index (κ2) is 66.5. The molecule has 0 aromatic rings. The molecule has 5 unspecified atom stereocenters. The summed E-state index contributed by atoms with van der Waals surface area (Å²) in [6, 6.07) is 0. The van der Waals surface area contributed by atoms with E-state index in [0.717, 1.165) is 135 Å². The molecule has 0 rings (SSSR count). The van der Waals surface area contributed by atoms with Crippen molar-refractivity contribution in [1.82, 2.24) is 0 Å². The first-order valence-corrected chi connectivity index (χ1v) is 38.1. The Hall–Kier alpha value is -5.06. The molecule has 0 aliphatic rings. The highest BCUT2D eigenvalue weighted by molar-refractivity contribution is 7.47. The molecule has 3 N–H and O–H groups in total. The third-order valence-corrected chi connectivity index (χ3v) is 15.7. The lowest BCUT2D eigenvalue weighted by atomic mass is 10.1. The van der Waals surface area contributed by atoms with Crippen LogP contribution in [0.4, 0.5) is 0 Å². The molecule has 17 nitrogen and oxygen atoms in total. The number of esters is 4. The van der Waals surface area contributed by atoms with E-state index in [1.54, 1.807) is 12.2 Å². The summed E-state index contributed by atoms with van der Waals surface area (Å²) in [6.07, 6.45) is 73.4. The van der Waals surface area contributed by atoms with Crippen LogP contribution in [0.15, 0.2) is 146 Å². The van der Waals surface area contributed by atoms with Crippen LogP contribution in [0.2, 0.25) is 0 Å². The van der Waals surface area contributed by atoms with Gasteiger partial charge in [0.2, 0.25) is 0 Å². The maximum Gasteiger partial charge on any atom is 0.472 e. The summed E-state index contributed by atoms with van der Waals surface area (Å²) in [7, 11) is -9.99. The average Bonchev–Trinajstić information content (AvgIpc) is 1.29. The normalized spacial score (nSPS) is 14.9. The van der Waals surface area contributed by atoms with Gasteiger partial charge in [0.1, 0.15) is 19.3 Å². The third-order valence-electron chi connectivity index (χ3n) is 13.8. The van der Waals surface area contributed by atoms with Crippen molar-refractivity contribution in [2.75, 3.05) is 39.6 Å². The van der Waals surface area contributed by atoms with Crippen molar-refractivity contribution in [1.29, 1.82) is 0 Å². The number of unbranched alkanes of at least 4 members (excludes halogenated alkanes) is 15. The van der Waals surface area contributed by atoms with E-state index in [2.05, 4.69) is 137 Å². The van der Waals surface area contributed by atoms with Gasteiger partial charge in [-0.2, -0.15) is 0 Å². The molecule has 0 aromatic carbocycles. The number of allylic oxidation sites excluding steroid dienone is 23. The first-order valence-electron chi connectivity index (χ1n) is 35.1. The maximum atomic E-state index is 13.0. The van der Waals surface area contributed by atoms with Crippen molar-refractivity contribution in [3.8, 4) is 0 Å². The van der Waals surface area contributed by atoms with E-state index in [1.807, 2.05) is 24.3 Å². The van der Waals surface area contributed by atoms with Gasteiger partial charge in [0.05, 0.1) is 32.8 Å².